The van der Waals surface area contributed by atoms with E-state index < -0.39 is 11.9 Å². The highest BCUT2D eigenvalue weighted by atomic mass is 127. The lowest BCUT2D eigenvalue weighted by Crippen LogP contribution is -2.38. The molecular weight excluding hydrogens is 495 g/mol. The van der Waals surface area contributed by atoms with E-state index in [1.54, 1.807) is 6.07 Å². The maximum Gasteiger partial charge on any atom is 0.434 e. The molecule has 0 aliphatic heterocycles. The van der Waals surface area contributed by atoms with Gasteiger partial charge in [-0.3, -0.25) is 4.99 Å². The van der Waals surface area contributed by atoms with Crippen molar-refractivity contribution >= 4 is 41.3 Å². The molecule has 0 fully saturated rings. The first-order chi connectivity index (χ1) is 12.3. The quantitative estimate of drug-likeness (QED) is 0.265. The van der Waals surface area contributed by atoms with Gasteiger partial charge < -0.3 is 10.2 Å². The summed E-state index contributed by atoms with van der Waals surface area (Å²) in [5, 5.41) is 4.53. The molecule has 2 rings (SSSR count). The number of rotatable bonds is 6. The molecule has 2 aromatic rings. The van der Waals surface area contributed by atoms with Gasteiger partial charge in [0.25, 0.3) is 0 Å². The fourth-order valence-electron chi connectivity index (χ4n) is 2.27. The second-order valence-electron chi connectivity index (χ2n) is 5.60. The molecule has 0 aliphatic carbocycles. The van der Waals surface area contributed by atoms with E-state index in [1.807, 2.05) is 24.9 Å². The minimum Gasteiger partial charge on any atom is -0.357 e. The van der Waals surface area contributed by atoms with Crippen LogP contribution >= 0.6 is 35.3 Å². The highest BCUT2D eigenvalue weighted by molar-refractivity contribution is 14.0. The van der Waals surface area contributed by atoms with E-state index >= 15 is 0 Å². The van der Waals surface area contributed by atoms with Crippen molar-refractivity contribution in [2.45, 2.75) is 26.1 Å². The lowest BCUT2D eigenvalue weighted by atomic mass is 10.2. The van der Waals surface area contributed by atoms with Crippen LogP contribution in [0.2, 0.25) is 0 Å². The van der Waals surface area contributed by atoms with Gasteiger partial charge in [-0.15, -0.1) is 35.3 Å². The van der Waals surface area contributed by atoms with Gasteiger partial charge in [0, 0.05) is 38.5 Å². The topological polar surface area (TPSA) is 40.5 Å². The largest absolute Gasteiger partial charge is 0.434 e. The van der Waals surface area contributed by atoms with Crippen molar-refractivity contribution in [3.05, 3.63) is 51.7 Å². The van der Waals surface area contributed by atoms with E-state index in [4.69, 9.17) is 0 Å². The summed E-state index contributed by atoms with van der Waals surface area (Å²) in [6, 6.07) is 6.29. The van der Waals surface area contributed by atoms with E-state index in [2.05, 4.69) is 15.3 Å². The summed E-state index contributed by atoms with van der Waals surface area (Å²) in [7, 11) is 1.82. The number of thiazole rings is 1. The zero-order valence-corrected chi connectivity index (χ0v) is 18.0. The van der Waals surface area contributed by atoms with Crippen LogP contribution in [0.4, 0.5) is 17.6 Å². The van der Waals surface area contributed by atoms with Crippen LogP contribution in [0.1, 0.15) is 23.2 Å². The summed E-state index contributed by atoms with van der Waals surface area (Å²) < 4.78 is 51.0. The molecule has 10 heteroatoms. The first-order valence-corrected chi connectivity index (χ1v) is 8.93. The molecule has 0 saturated carbocycles. The number of halogens is 5. The van der Waals surface area contributed by atoms with Crippen molar-refractivity contribution in [2.24, 2.45) is 4.99 Å². The molecular formula is C17H21F4IN4S. The monoisotopic (exact) mass is 516 g/mol. The van der Waals surface area contributed by atoms with Gasteiger partial charge in [-0.25, -0.2) is 9.37 Å². The SMILES string of the molecule is CCNC(=NCCc1nc(C(F)(F)F)cs1)N(C)Cc1cccc(F)c1.I. The number of hydrogen-bond acceptors (Lipinski definition) is 3. The number of benzene rings is 1. The number of alkyl halides is 3. The highest BCUT2D eigenvalue weighted by Gasteiger charge is 2.33. The fraction of sp³-hybridized carbons (Fsp3) is 0.412. The van der Waals surface area contributed by atoms with Crippen LogP contribution in [0.25, 0.3) is 0 Å². The van der Waals surface area contributed by atoms with Gasteiger partial charge in [0.1, 0.15) is 5.82 Å². The van der Waals surface area contributed by atoms with Gasteiger partial charge in [0.2, 0.25) is 0 Å². The van der Waals surface area contributed by atoms with Crippen molar-refractivity contribution in [2.75, 3.05) is 20.1 Å². The van der Waals surface area contributed by atoms with Gasteiger partial charge in [-0.1, -0.05) is 12.1 Å². The predicted octanol–water partition coefficient (Wildman–Crippen LogP) is 4.56. The fourth-order valence-corrected chi connectivity index (χ4v) is 3.06. The Morgan fingerprint density at radius 2 is 2.07 bits per heavy atom. The summed E-state index contributed by atoms with van der Waals surface area (Å²) in [5.74, 6) is 0.298. The molecule has 150 valence electrons. The molecule has 1 N–H and O–H groups in total. The van der Waals surface area contributed by atoms with E-state index in [0.29, 0.717) is 37.0 Å². The smallest absolute Gasteiger partial charge is 0.357 e. The van der Waals surface area contributed by atoms with Crippen LogP contribution in [-0.2, 0) is 19.1 Å². The van der Waals surface area contributed by atoms with Crippen molar-refractivity contribution in [1.82, 2.24) is 15.2 Å². The maximum absolute atomic E-state index is 13.3. The number of guanidine groups is 1. The Bertz CT molecular complexity index is 749. The van der Waals surface area contributed by atoms with Crippen LogP contribution in [0.15, 0.2) is 34.6 Å². The van der Waals surface area contributed by atoms with E-state index in [-0.39, 0.29) is 29.8 Å². The Morgan fingerprint density at radius 1 is 1.33 bits per heavy atom. The van der Waals surface area contributed by atoms with Crippen molar-refractivity contribution < 1.29 is 17.6 Å². The summed E-state index contributed by atoms with van der Waals surface area (Å²) >= 11 is 0.978. The van der Waals surface area contributed by atoms with Gasteiger partial charge in [-0.05, 0) is 24.6 Å². The molecule has 0 atom stereocenters. The number of aliphatic imine (C=N–C) groups is 1. The minimum absolute atomic E-state index is 0. The van der Waals surface area contributed by atoms with E-state index in [0.717, 1.165) is 22.3 Å². The Hall–Kier alpha value is -1.43. The molecule has 0 aliphatic rings. The van der Waals surface area contributed by atoms with Crippen LogP contribution in [0.3, 0.4) is 0 Å². The van der Waals surface area contributed by atoms with Crippen LogP contribution in [0, 0.1) is 5.82 Å². The van der Waals surface area contributed by atoms with Crippen molar-refractivity contribution in [3.63, 3.8) is 0 Å². The van der Waals surface area contributed by atoms with Crippen molar-refractivity contribution in [3.8, 4) is 0 Å². The molecule has 0 unspecified atom stereocenters. The van der Waals surface area contributed by atoms with Crippen LogP contribution in [0.5, 0.6) is 0 Å². The Labute approximate surface area is 176 Å². The first kappa shape index (κ1) is 23.6. The minimum atomic E-state index is -4.42. The summed E-state index contributed by atoms with van der Waals surface area (Å²) in [6.45, 7) is 3.32. The van der Waals surface area contributed by atoms with Gasteiger partial charge >= 0.3 is 6.18 Å². The number of hydrogen-bond donors (Lipinski definition) is 1. The Kier molecular flexibility index (Phi) is 9.43. The third-order valence-electron chi connectivity index (χ3n) is 3.43. The van der Waals surface area contributed by atoms with E-state index in [1.165, 1.54) is 12.1 Å². The normalized spacial score (nSPS) is 11.9. The Balaban J connectivity index is 0.00000364. The Morgan fingerprint density at radius 3 is 2.67 bits per heavy atom. The first-order valence-electron chi connectivity index (χ1n) is 8.05. The molecule has 4 nitrogen and oxygen atoms in total. The molecule has 1 aromatic heterocycles. The molecule has 0 radical (unpaired) electrons. The number of nitrogens with zero attached hydrogens (tertiary/aromatic N) is 3. The van der Waals surface area contributed by atoms with Crippen LogP contribution < -0.4 is 5.32 Å². The van der Waals surface area contributed by atoms with E-state index in [9.17, 15) is 17.6 Å². The third-order valence-corrected chi connectivity index (χ3v) is 4.34. The average molecular weight is 516 g/mol. The van der Waals surface area contributed by atoms with Gasteiger partial charge in [0.05, 0.1) is 5.01 Å². The zero-order chi connectivity index (χ0) is 19.2. The molecule has 1 aromatic carbocycles. The number of aromatic nitrogens is 1. The maximum atomic E-state index is 13.3. The molecule has 0 amide bonds. The molecule has 27 heavy (non-hydrogen) atoms. The highest BCUT2D eigenvalue weighted by Crippen LogP contribution is 2.30. The van der Waals surface area contributed by atoms with Crippen molar-refractivity contribution in [1.29, 1.82) is 0 Å². The molecule has 0 spiro atoms. The standard InChI is InChI=1S/C17H20F4N4S.HI/c1-3-22-16(25(2)10-12-5-4-6-13(18)9-12)23-8-7-15-24-14(11-26-15)17(19,20)21;/h4-6,9,11H,3,7-8,10H2,1-2H3,(H,22,23);1H. The summed E-state index contributed by atoms with van der Waals surface area (Å²) in [6.07, 6.45) is -4.10. The second kappa shape index (κ2) is 10.8. The summed E-state index contributed by atoms with van der Waals surface area (Å²) in [4.78, 5) is 9.85. The molecule has 1 heterocycles. The average Bonchev–Trinajstić information content (AvgIpc) is 3.03. The molecule has 0 bridgehead atoms. The zero-order valence-electron chi connectivity index (χ0n) is 14.9. The van der Waals surface area contributed by atoms with Gasteiger partial charge in [-0.2, -0.15) is 13.2 Å². The third kappa shape index (κ3) is 7.60. The lowest BCUT2D eigenvalue weighted by molar-refractivity contribution is -0.140. The molecule has 0 saturated heterocycles. The lowest BCUT2D eigenvalue weighted by Gasteiger charge is -2.22. The summed E-state index contributed by atoms with van der Waals surface area (Å²) in [5.41, 5.74) is -0.0653. The second-order valence-corrected chi connectivity index (χ2v) is 6.54. The predicted molar refractivity (Wildman–Crippen MR) is 110 cm³/mol. The number of nitrogens with one attached hydrogen (secondary N) is 1. The van der Waals surface area contributed by atoms with Crippen LogP contribution in [-0.4, -0.2) is 36.0 Å². The van der Waals surface area contributed by atoms with Gasteiger partial charge in [0.15, 0.2) is 11.7 Å².